The number of halogens is 1. The lowest BCUT2D eigenvalue weighted by Crippen LogP contribution is -2.75. The van der Waals surface area contributed by atoms with E-state index in [4.69, 9.17) is 0 Å². The predicted molar refractivity (Wildman–Crippen MR) is 271 cm³/mol. The lowest BCUT2D eigenvalue weighted by atomic mass is 9.82. The van der Waals surface area contributed by atoms with Crippen molar-refractivity contribution in [1.82, 2.24) is 0 Å². The van der Waals surface area contributed by atoms with E-state index < -0.39 is 8.07 Å². The lowest BCUT2D eigenvalue weighted by molar-refractivity contribution is 0.622. The first-order valence-corrected chi connectivity index (χ1v) is 24.1. The molecule has 0 spiro atoms. The quantitative estimate of drug-likeness (QED) is 0.103. The third-order valence-corrected chi connectivity index (χ3v) is 18.3. The zero-order valence-electron chi connectivity index (χ0n) is 35.9. The summed E-state index contributed by atoms with van der Waals surface area (Å²) in [7, 11) is -3.04. The molecule has 0 atom stereocenters. The standard InChI is InChI=1S/C61H46FNSi/c1-61(2)54-41-38-46(62)42-53(54)60-55(61)32-19-34-57(60)63(47-39-36-44(37-40-47)52-31-18-23-45-22-17-30-51(59(45)52)43-20-7-3-8-21-43)56-33-15-16-35-58(56)64(48-24-9-4-10-25-48,49-26-11-5-12-27-49)50-28-13-6-14-29-50/h3-42H,1-2H3. The van der Waals surface area contributed by atoms with E-state index in [1.807, 2.05) is 6.07 Å². The summed E-state index contributed by atoms with van der Waals surface area (Å²) in [4.78, 5) is 2.46. The summed E-state index contributed by atoms with van der Waals surface area (Å²) in [5, 5.41) is 7.60. The summed E-state index contributed by atoms with van der Waals surface area (Å²) in [6, 6.07) is 87.3. The maximum absolute atomic E-state index is 15.5. The van der Waals surface area contributed by atoms with Crippen LogP contribution >= 0.6 is 0 Å². The Morgan fingerprint density at radius 2 is 0.906 bits per heavy atom. The van der Waals surface area contributed by atoms with Gasteiger partial charge in [-0.25, -0.2) is 4.39 Å². The van der Waals surface area contributed by atoms with Crippen LogP contribution in [0.4, 0.5) is 21.5 Å². The van der Waals surface area contributed by atoms with E-state index in [0.29, 0.717) is 0 Å². The number of fused-ring (bicyclic) bond motifs is 4. The number of para-hydroxylation sites is 1. The van der Waals surface area contributed by atoms with E-state index >= 15 is 4.39 Å². The molecule has 0 bridgehead atoms. The third-order valence-electron chi connectivity index (χ3n) is 13.5. The van der Waals surface area contributed by atoms with Crippen LogP contribution < -0.4 is 25.6 Å². The van der Waals surface area contributed by atoms with Crippen LogP contribution in [0, 0.1) is 5.82 Å². The molecule has 10 aromatic rings. The molecule has 0 N–H and O–H groups in total. The van der Waals surface area contributed by atoms with Gasteiger partial charge in [-0.1, -0.05) is 220 Å². The van der Waals surface area contributed by atoms with Crippen molar-refractivity contribution in [2.75, 3.05) is 4.90 Å². The van der Waals surface area contributed by atoms with Crippen molar-refractivity contribution < 1.29 is 4.39 Å². The number of hydrogen-bond donors (Lipinski definition) is 0. The maximum atomic E-state index is 15.5. The molecule has 1 nitrogen and oxygen atoms in total. The third kappa shape index (κ3) is 6.34. The Bertz CT molecular complexity index is 3190. The molecule has 0 heterocycles. The van der Waals surface area contributed by atoms with Crippen LogP contribution in [0.25, 0.3) is 44.2 Å². The van der Waals surface area contributed by atoms with E-state index in [0.717, 1.165) is 39.3 Å². The number of hydrogen-bond acceptors (Lipinski definition) is 1. The number of rotatable bonds is 9. The van der Waals surface area contributed by atoms with Crippen molar-refractivity contribution in [2.24, 2.45) is 0 Å². The largest absolute Gasteiger partial charge is 0.310 e. The smallest absolute Gasteiger partial charge is 0.181 e. The number of anilines is 3. The molecule has 0 saturated carbocycles. The van der Waals surface area contributed by atoms with Gasteiger partial charge in [-0.3, -0.25) is 0 Å². The Hall–Kier alpha value is -7.59. The summed E-state index contributed by atoms with van der Waals surface area (Å²) < 4.78 is 15.5. The SMILES string of the molecule is CC1(C)c2ccc(F)cc2-c2c(N(c3ccc(-c4cccc5cccc(-c6ccccc6)c45)cc3)c3ccccc3[Si](c3ccccc3)(c3ccccc3)c3ccccc3)cccc21. The second-order valence-corrected chi connectivity index (χ2v) is 21.1. The van der Waals surface area contributed by atoms with Crippen LogP contribution in [0.1, 0.15) is 25.0 Å². The molecule has 11 rings (SSSR count). The first kappa shape index (κ1) is 39.3. The van der Waals surface area contributed by atoms with Gasteiger partial charge >= 0.3 is 0 Å². The minimum Gasteiger partial charge on any atom is -0.310 e. The normalized spacial score (nSPS) is 12.7. The van der Waals surface area contributed by atoms with Gasteiger partial charge in [0.25, 0.3) is 0 Å². The summed E-state index contributed by atoms with van der Waals surface area (Å²) in [6.45, 7) is 4.52. The van der Waals surface area contributed by atoms with Gasteiger partial charge in [0.05, 0.1) is 5.69 Å². The molecule has 1 aliphatic carbocycles. The van der Waals surface area contributed by atoms with Gasteiger partial charge < -0.3 is 4.90 Å². The summed E-state index contributed by atoms with van der Waals surface area (Å²) in [5.74, 6) is -0.234. The summed E-state index contributed by atoms with van der Waals surface area (Å²) in [6.07, 6.45) is 0. The average molecular weight is 840 g/mol. The topological polar surface area (TPSA) is 3.24 Å². The first-order valence-electron chi connectivity index (χ1n) is 22.1. The number of nitrogens with zero attached hydrogens (tertiary/aromatic N) is 1. The van der Waals surface area contributed by atoms with E-state index in [2.05, 4.69) is 243 Å². The van der Waals surface area contributed by atoms with Crippen LogP contribution in [-0.4, -0.2) is 8.07 Å². The van der Waals surface area contributed by atoms with E-state index in [1.54, 1.807) is 12.1 Å². The molecule has 1 aliphatic rings. The molecule has 0 radical (unpaired) electrons. The van der Waals surface area contributed by atoms with Gasteiger partial charge in [-0.05, 0) is 107 Å². The van der Waals surface area contributed by atoms with Crippen LogP contribution in [0.3, 0.4) is 0 Å². The minimum atomic E-state index is -3.04. The van der Waals surface area contributed by atoms with Gasteiger partial charge in [0, 0.05) is 22.4 Å². The average Bonchev–Trinajstić information content (AvgIpc) is 3.58. The van der Waals surface area contributed by atoms with Gasteiger partial charge in [-0.2, -0.15) is 0 Å². The fourth-order valence-electron chi connectivity index (χ4n) is 10.6. The highest BCUT2D eigenvalue weighted by Gasteiger charge is 2.45. The van der Waals surface area contributed by atoms with Crippen LogP contribution in [0.5, 0.6) is 0 Å². The molecule has 0 saturated heterocycles. The Kier molecular flexibility index (Phi) is 9.79. The minimum absolute atomic E-state index is 0.234. The second kappa shape index (κ2) is 15.9. The van der Waals surface area contributed by atoms with Gasteiger partial charge in [0.1, 0.15) is 5.82 Å². The van der Waals surface area contributed by atoms with Gasteiger partial charge in [-0.15, -0.1) is 0 Å². The molecule has 64 heavy (non-hydrogen) atoms. The Balaban J connectivity index is 1.20. The molecule has 0 amide bonds. The number of benzene rings is 10. The Morgan fingerprint density at radius 3 is 1.50 bits per heavy atom. The zero-order chi connectivity index (χ0) is 43.3. The second-order valence-electron chi connectivity index (χ2n) is 17.3. The monoisotopic (exact) mass is 839 g/mol. The molecule has 10 aromatic carbocycles. The van der Waals surface area contributed by atoms with Gasteiger partial charge in [0.15, 0.2) is 8.07 Å². The van der Waals surface area contributed by atoms with Crippen LogP contribution in [0.15, 0.2) is 243 Å². The molecule has 0 fully saturated rings. The highest BCUT2D eigenvalue weighted by atomic mass is 28.3. The molecular formula is C61H46FNSi. The highest BCUT2D eigenvalue weighted by molar-refractivity contribution is 7.20. The Labute approximate surface area is 376 Å². The molecule has 0 aromatic heterocycles. The molecule has 306 valence electrons. The zero-order valence-corrected chi connectivity index (χ0v) is 36.9. The molecule has 3 heteroatoms. The fourth-order valence-corrected chi connectivity index (χ4v) is 15.5. The summed E-state index contributed by atoms with van der Waals surface area (Å²) in [5.41, 5.74) is 11.9. The van der Waals surface area contributed by atoms with E-state index in [1.165, 1.54) is 53.8 Å². The van der Waals surface area contributed by atoms with Crippen LogP contribution in [-0.2, 0) is 5.41 Å². The van der Waals surface area contributed by atoms with Crippen molar-refractivity contribution in [2.45, 2.75) is 19.3 Å². The maximum Gasteiger partial charge on any atom is 0.181 e. The van der Waals surface area contributed by atoms with E-state index in [-0.39, 0.29) is 11.2 Å². The predicted octanol–water partition coefficient (Wildman–Crippen LogP) is 13.5. The first-order chi connectivity index (χ1) is 31.4. The van der Waals surface area contributed by atoms with Crippen molar-refractivity contribution in [3.8, 4) is 33.4 Å². The molecule has 0 aliphatic heterocycles. The molecular weight excluding hydrogens is 794 g/mol. The van der Waals surface area contributed by atoms with Crippen molar-refractivity contribution in [1.29, 1.82) is 0 Å². The van der Waals surface area contributed by atoms with Gasteiger partial charge in [0.2, 0.25) is 0 Å². The van der Waals surface area contributed by atoms with Crippen molar-refractivity contribution in [3.63, 3.8) is 0 Å². The molecule has 0 unspecified atom stereocenters. The fraction of sp³-hybridized carbons (Fsp3) is 0.0492. The van der Waals surface area contributed by atoms with E-state index in [9.17, 15) is 0 Å². The highest BCUT2D eigenvalue weighted by Crippen LogP contribution is 2.54. The van der Waals surface area contributed by atoms with Crippen molar-refractivity contribution in [3.05, 3.63) is 260 Å². The summed E-state index contributed by atoms with van der Waals surface area (Å²) >= 11 is 0. The van der Waals surface area contributed by atoms with Crippen molar-refractivity contribution >= 4 is 56.7 Å². The van der Waals surface area contributed by atoms with Crippen LogP contribution in [0.2, 0.25) is 0 Å². The Morgan fingerprint density at radius 1 is 0.406 bits per heavy atom. The lowest BCUT2D eigenvalue weighted by Gasteiger charge is -2.39.